The van der Waals surface area contributed by atoms with Gasteiger partial charge in [-0.05, 0) is 18.2 Å². The number of benzene rings is 2. The molecule has 2 aromatic carbocycles. The van der Waals surface area contributed by atoms with E-state index in [0.29, 0.717) is 5.75 Å². The number of rotatable bonds is 3. The zero-order chi connectivity index (χ0) is 20.6. The lowest BCUT2D eigenvalue weighted by molar-refractivity contribution is -0.144. The van der Waals surface area contributed by atoms with E-state index in [9.17, 15) is 27.2 Å². The van der Waals surface area contributed by atoms with Crippen LogP contribution in [0.2, 0.25) is 5.02 Å². The average Bonchev–Trinajstić information content (AvgIpc) is 2.61. The SMILES string of the molecule is Cn1c(C(F)(F)F)cc(=O)n(-c2cc(Oc3ccccc3)c(Cl)cc2F)c1=O. The van der Waals surface area contributed by atoms with Crippen LogP contribution < -0.4 is 16.0 Å². The van der Waals surface area contributed by atoms with E-state index < -0.39 is 34.6 Å². The zero-order valence-electron chi connectivity index (χ0n) is 14.1. The monoisotopic (exact) mass is 414 g/mol. The fraction of sp³-hybridized carbons (Fsp3) is 0.111. The number of halogens is 5. The second-order valence-electron chi connectivity index (χ2n) is 5.69. The van der Waals surface area contributed by atoms with Gasteiger partial charge in [0.1, 0.15) is 23.0 Å². The van der Waals surface area contributed by atoms with Crippen molar-refractivity contribution in [3.05, 3.63) is 85.9 Å². The van der Waals surface area contributed by atoms with Crippen molar-refractivity contribution in [3.63, 3.8) is 0 Å². The van der Waals surface area contributed by atoms with Crippen molar-refractivity contribution in [2.24, 2.45) is 7.05 Å². The molecule has 0 saturated heterocycles. The Balaban J connectivity index is 2.20. The van der Waals surface area contributed by atoms with Gasteiger partial charge in [0.2, 0.25) is 0 Å². The van der Waals surface area contributed by atoms with Gasteiger partial charge in [-0.3, -0.25) is 9.36 Å². The highest BCUT2D eigenvalue weighted by molar-refractivity contribution is 6.32. The molecule has 1 aromatic heterocycles. The average molecular weight is 415 g/mol. The molecule has 10 heteroatoms. The lowest BCUT2D eigenvalue weighted by atomic mass is 10.2. The van der Waals surface area contributed by atoms with Crippen molar-refractivity contribution >= 4 is 11.6 Å². The molecule has 0 saturated carbocycles. The van der Waals surface area contributed by atoms with Crippen LogP contribution in [0.4, 0.5) is 17.6 Å². The molecule has 0 amide bonds. The normalized spacial score (nSPS) is 11.5. The van der Waals surface area contributed by atoms with E-state index in [1.165, 1.54) is 0 Å². The maximum absolute atomic E-state index is 14.4. The summed E-state index contributed by atoms with van der Waals surface area (Å²) in [4.78, 5) is 24.5. The number of para-hydroxylation sites is 1. The molecule has 0 radical (unpaired) electrons. The molecule has 0 N–H and O–H groups in total. The molecule has 0 aliphatic carbocycles. The maximum Gasteiger partial charge on any atom is 0.431 e. The van der Waals surface area contributed by atoms with E-state index in [1.807, 2.05) is 0 Å². The van der Waals surface area contributed by atoms with Gasteiger partial charge < -0.3 is 4.74 Å². The van der Waals surface area contributed by atoms with Crippen LogP contribution in [0.1, 0.15) is 5.69 Å². The van der Waals surface area contributed by atoms with Crippen molar-refractivity contribution in [3.8, 4) is 17.2 Å². The van der Waals surface area contributed by atoms with Crippen LogP contribution in [-0.2, 0) is 13.2 Å². The number of ether oxygens (including phenoxy) is 1. The first kappa shape index (κ1) is 19.7. The summed E-state index contributed by atoms with van der Waals surface area (Å²) in [7, 11) is 0.830. The number of nitrogens with zero attached hydrogens (tertiary/aromatic N) is 2. The smallest absolute Gasteiger partial charge is 0.431 e. The second-order valence-corrected chi connectivity index (χ2v) is 6.10. The Morgan fingerprint density at radius 2 is 1.68 bits per heavy atom. The van der Waals surface area contributed by atoms with Crippen LogP contribution in [0.3, 0.4) is 0 Å². The first-order chi connectivity index (χ1) is 13.1. The minimum absolute atomic E-state index is 0.0851. The number of aromatic nitrogens is 2. The zero-order valence-corrected chi connectivity index (χ0v) is 14.9. The molecule has 1 heterocycles. The van der Waals surface area contributed by atoms with E-state index in [1.54, 1.807) is 30.3 Å². The predicted molar refractivity (Wildman–Crippen MR) is 93.8 cm³/mol. The molecule has 0 bridgehead atoms. The van der Waals surface area contributed by atoms with Crippen molar-refractivity contribution in [2.45, 2.75) is 6.18 Å². The summed E-state index contributed by atoms with van der Waals surface area (Å²) in [6.45, 7) is 0. The Hall–Kier alpha value is -3.07. The molecule has 28 heavy (non-hydrogen) atoms. The number of hydrogen-bond donors (Lipinski definition) is 0. The first-order valence-corrected chi connectivity index (χ1v) is 8.10. The van der Waals surface area contributed by atoms with Crippen molar-refractivity contribution in [2.75, 3.05) is 0 Å². The predicted octanol–water partition coefficient (Wildman–Crippen LogP) is 4.14. The first-order valence-electron chi connectivity index (χ1n) is 7.72. The minimum Gasteiger partial charge on any atom is -0.456 e. The van der Waals surface area contributed by atoms with Crippen LogP contribution in [0.5, 0.6) is 11.5 Å². The molecule has 146 valence electrons. The maximum atomic E-state index is 14.4. The Bertz CT molecular complexity index is 1150. The van der Waals surface area contributed by atoms with E-state index in [-0.39, 0.29) is 26.0 Å². The quantitative estimate of drug-likeness (QED) is 0.605. The van der Waals surface area contributed by atoms with E-state index >= 15 is 0 Å². The third kappa shape index (κ3) is 3.65. The second kappa shape index (κ2) is 7.16. The van der Waals surface area contributed by atoms with Gasteiger partial charge in [-0.15, -0.1) is 0 Å². The van der Waals surface area contributed by atoms with Gasteiger partial charge in [0, 0.05) is 19.2 Å². The summed E-state index contributed by atoms with van der Waals surface area (Å²) in [6, 6.07) is 10.2. The van der Waals surface area contributed by atoms with E-state index in [2.05, 4.69) is 0 Å². The van der Waals surface area contributed by atoms with Crippen molar-refractivity contribution < 1.29 is 22.3 Å². The molecule has 0 atom stereocenters. The molecule has 3 aromatic rings. The van der Waals surface area contributed by atoms with Crippen LogP contribution in [-0.4, -0.2) is 9.13 Å². The Labute approximate surface area is 160 Å². The third-order valence-corrected chi connectivity index (χ3v) is 4.12. The Kier molecular flexibility index (Phi) is 5.03. The van der Waals surface area contributed by atoms with Gasteiger partial charge in [-0.1, -0.05) is 29.8 Å². The van der Waals surface area contributed by atoms with Crippen LogP contribution >= 0.6 is 11.6 Å². The fourth-order valence-electron chi connectivity index (χ4n) is 2.50. The standard InChI is InChI=1S/C18H11ClF4N2O3/c1-24-15(18(21,22)23)9-16(26)25(17(24)27)13-8-14(11(19)7-12(13)20)28-10-5-3-2-4-6-10/h2-9H,1H3. The van der Waals surface area contributed by atoms with Gasteiger partial charge in [0.15, 0.2) is 0 Å². The lowest BCUT2D eigenvalue weighted by Crippen LogP contribution is -2.41. The summed E-state index contributed by atoms with van der Waals surface area (Å²) < 4.78 is 59.3. The highest BCUT2D eigenvalue weighted by atomic mass is 35.5. The fourth-order valence-corrected chi connectivity index (χ4v) is 2.69. The van der Waals surface area contributed by atoms with E-state index in [0.717, 1.165) is 19.2 Å². The molecule has 0 fully saturated rings. The summed E-state index contributed by atoms with van der Waals surface area (Å²) in [6.07, 6.45) is -4.92. The van der Waals surface area contributed by atoms with Crippen molar-refractivity contribution in [1.29, 1.82) is 0 Å². The molecular weight excluding hydrogens is 404 g/mol. The van der Waals surface area contributed by atoms with Crippen LogP contribution in [0, 0.1) is 5.82 Å². The van der Waals surface area contributed by atoms with Gasteiger partial charge in [0.05, 0.1) is 10.7 Å². The third-order valence-electron chi connectivity index (χ3n) is 3.82. The Morgan fingerprint density at radius 1 is 1.04 bits per heavy atom. The van der Waals surface area contributed by atoms with Crippen molar-refractivity contribution in [1.82, 2.24) is 9.13 Å². The van der Waals surface area contributed by atoms with Crippen LogP contribution in [0.25, 0.3) is 5.69 Å². The largest absolute Gasteiger partial charge is 0.456 e. The molecule has 3 rings (SSSR count). The molecule has 0 unspecified atom stereocenters. The Morgan fingerprint density at radius 3 is 2.29 bits per heavy atom. The number of hydrogen-bond acceptors (Lipinski definition) is 3. The summed E-state index contributed by atoms with van der Waals surface area (Å²) >= 11 is 5.95. The lowest BCUT2D eigenvalue weighted by Gasteiger charge is -2.15. The van der Waals surface area contributed by atoms with Gasteiger partial charge in [0.25, 0.3) is 5.56 Å². The minimum atomic E-state index is -4.92. The molecule has 5 nitrogen and oxygen atoms in total. The summed E-state index contributed by atoms with van der Waals surface area (Å²) in [5.41, 5.74) is -4.75. The van der Waals surface area contributed by atoms with Gasteiger partial charge >= 0.3 is 11.9 Å². The van der Waals surface area contributed by atoms with Gasteiger partial charge in [-0.2, -0.15) is 13.2 Å². The number of alkyl halides is 3. The highest BCUT2D eigenvalue weighted by Crippen LogP contribution is 2.33. The topological polar surface area (TPSA) is 53.2 Å². The van der Waals surface area contributed by atoms with Crippen LogP contribution in [0.15, 0.2) is 58.1 Å². The molecule has 0 aliphatic rings. The molecule has 0 aliphatic heterocycles. The molecular formula is C18H11ClF4N2O3. The summed E-state index contributed by atoms with van der Waals surface area (Å²) in [5.74, 6) is -0.822. The summed E-state index contributed by atoms with van der Waals surface area (Å²) in [5, 5.41) is -0.151. The highest BCUT2D eigenvalue weighted by Gasteiger charge is 2.35. The molecule has 0 spiro atoms. The van der Waals surface area contributed by atoms with Gasteiger partial charge in [-0.25, -0.2) is 13.8 Å². The van der Waals surface area contributed by atoms with E-state index in [4.69, 9.17) is 16.3 Å².